The first kappa shape index (κ1) is 16.8. The number of aliphatic carboxylic acids is 1. The Kier molecular flexibility index (Phi) is 5.58. The van der Waals surface area contributed by atoms with Gasteiger partial charge < -0.3 is 14.6 Å². The molecule has 5 heteroatoms. The number of rotatable bonds is 3. The van der Waals surface area contributed by atoms with Crippen molar-refractivity contribution < 1.29 is 19.4 Å². The molecule has 0 spiro atoms. The molecule has 0 bridgehead atoms. The molecule has 0 N–H and O–H groups in total. The van der Waals surface area contributed by atoms with Crippen LogP contribution >= 0.6 is 0 Å². The molecule has 2 unspecified atom stereocenters. The molecule has 0 amide bonds. The van der Waals surface area contributed by atoms with E-state index >= 15 is 0 Å². The van der Waals surface area contributed by atoms with Gasteiger partial charge in [-0.15, -0.1) is 0 Å². The second kappa shape index (κ2) is 5.64. The van der Waals surface area contributed by atoms with Crippen molar-refractivity contribution >= 4 is 38.1 Å². The van der Waals surface area contributed by atoms with Gasteiger partial charge in [0.2, 0.25) is 0 Å². The minimum atomic E-state index is -1.07. The maximum atomic E-state index is 11.9. The van der Waals surface area contributed by atoms with Crippen molar-refractivity contribution in [2.45, 2.75) is 40.5 Å². The first-order valence-electron chi connectivity index (χ1n) is 5.65. The molecule has 1 aliphatic rings. The van der Waals surface area contributed by atoms with Crippen molar-refractivity contribution in [2.24, 2.45) is 16.7 Å². The normalized spacial score (nSPS) is 30.5. The molecule has 94 valence electrons. The summed E-state index contributed by atoms with van der Waals surface area (Å²) in [7, 11) is 0. The molecule has 17 heavy (non-hydrogen) atoms. The minimum Gasteiger partial charge on any atom is -0.550 e. The van der Waals surface area contributed by atoms with Crippen LogP contribution in [0, 0.1) is 16.7 Å². The predicted molar refractivity (Wildman–Crippen MR) is 62.0 cm³/mol. The zero-order valence-corrected chi connectivity index (χ0v) is 14.3. The zero-order valence-electron chi connectivity index (χ0n) is 10.8. The van der Waals surface area contributed by atoms with Gasteiger partial charge >= 0.3 is 32.2 Å². The van der Waals surface area contributed by atoms with Crippen LogP contribution in [0.4, 0.5) is 0 Å². The SMILES string of the molecule is CCOC(=O)C1(C)CCC(C(=O)[O-])C1(C)C.[Bi+3]. The Labute approximate surface area is 121 Å². The first-order valence-corrected chi connectivity index (χ1v) is 5.65. The summed E-state index contributed by atoms with van der Waals surface area (Å²) < 4.78 is 5.04. The number of carbonyl (C=O) groups excluding carboxylic acids is 2. The maximum absolute atomic E-state index is 11.9. The summed E-state index contributed by atoms with van der Waals surface area (Å²) >= 11 is 0. The Morgan fingerprint density at radius 1 is 1.35 bits per heavy atom. The van der Waals surface area contributed by atoms with E-state index in [9.17, 15) is 14.7 Å². The van der Waals surface area contributed by atoms with Crippen molar-refractivity contribution in [3.63, 3.8) is 0 Å². The monoisotopic (exact) mass is 436 g/mol. The first-order chi connectivity index (χ1) is 7.27. The molecule has 0 heterocycles. The third-order valence-corrected chi connectivity index (χ3v) is 4.24. The molecule has 0 aromatic heterocycles. The molecule has 2 atom stereocenters. The Morgan fingerprint density at radius 3 is 2.24 bits per heavy atom. The largest absolute Gasteiger partial charge is 3.00 e. The Hall–Kier alpha value is -0.177. The average molecular weight is 436 g/mol. The summed E-state index contributed by atoms with van der Waals surface area (Å²) in [6.07, 6.45) is 1.02. The number of carbonyl (C=O) groups is 2. The van der Waals surface area contributed by atoms with Crippen molar-refractivity contribution in [1.82, 2.24) is 0 Å². The number of carboxylic acid groups (broad SMARTS) is 1. The fraction of sp³-hybridized carbons (Fsp3) is 0.833. The fourth-order valence-corrected chi connectivity index (χ4v) is 2.57. The molecule has 1 aliphatic carbocycles. The summed E-state index contributed by atoms with van der Waals surface area (Å²) in [5.41, 5.74) is -1.36. The van der Waals surface area contributed by atoms with Crippen molar-refractivity contribution in [3.8, 4) is 0 Å². The van der Waals surface area contributed by atoms with Crippen LogP contribution in [0.25, 0.3) is 0 Å². The molecule has 1 rings (SSSR count). The van der Waals surface area contributed by atoms with E-state index in [4.69, 9.17) is 4.74 Å². The fourth-order valence-electron chi connectivity index (χ4n) is 2.57. The molecule has 0 saturated heterocycles. The zero-order chi connectivity index (χ0) is 12.6. The van der Waals surface area contributed by atoms with E-state index in [0.717, 1.165) is 0 Å². The molecule has 0 aromatic carbocycles. The smallest absolute Gasteiger partial charge is 0.550 e. The van der Waals surface area contributed by atoms with E-state index in [1.165, 1.54) is 0 Å². The van der Waals surface area contributed by atoms with Gasteiger partial charge in [-0.1, -0.05) is 13.8 Å². The van der Waals surface area contributed by atoms with Crippen LogP contribution in [0.3, 0.4) is 0 Å². The van der Waals surface area contributed by atoms with Gasteiger partial charge in [0, 0.05) is 11.9 Å². The van der Waals surface area contributed by atoms with Crippen LogP contribution in [0.5, 0.6) is 0 Å². The average Bonchev–Trinajstić information content (AvgIpc) is 2.39. The van der Waals surface area contributed by atoms with E-state index < -0.39 is 22.7 Å². The molecule has 0 aromatic rings. The van der Waals surface area contributed by atoms with Gasteiger partial charge in [0.05, 0.1) is 12.0 Å². The summed E-state index contributed by atoms with van der Waals surface area (Å²) in [5.74, 6) is -1.95. The Morgan fingerprint density at radius 2 is 1.88 bits per heavy atom. The quantitative estimate of drug-likeness (QED) is 0.474. The van der Waals surface area contributed by atoms with Gasteiger partial charge in [0.25, 0.3) is 0 Å². The van der Waals surface area contributed by atoms with Crippen LogP contribution in [0.15, 0.2) is 0 Å². The van der Waals surface area contributed by atoms with Crippen molar-refractivity contribution in [3.05, 3.63) is 0 Å². The van der Waals surface area contributed by atoms with Crippen LogP contribution < -0.4 is 5.11 Å². The predicted octanol–water partition coefficient (Wildman–Crippen LogP) is 0.361. The summed E-state index contributed by atoms with van der Waals surface area (Å²) in [5, 5.41) is 11.0. The molecule has 0 aliphatic heterocycles. The molecule has 1 fully saturated rings. The van der Waals surface area contributed by atoms with E-state index in [1.807, 2.05) is 0 Å². The van der Waals surface area contributed by atoms with Crippen LogP contribution in [-0.2, 0) is 14.3 Å². The number of esters is 1. The second-order valence-electron chi connectivity index (χ2n) is 5.18. The third kappa shape index (κ3) is 2.64. The van der Waals surface area contributed by atoms with E-state index in [2.05, 4.69) is 0 Å². The number of carboxylic acids is 1. The third-order valence-electron chi connectivity index (χ3n) is 4.24. The van der Waals surface area contributed by atoms with Gasteiger partial charge in [0.1, 0.15) is 0 Å². The second-order valence-corrected chi connectivity index (χ2v) is 5.18. The number of hydrogen-bond acceptors (Lipinski definition) is 4. The van der Waals surface area contributed by atoms with E-state index in [1.54, 1.807) is 27.7 Å². The van der Waals surface area contributed by atoms with E-state index in [0.29, 0.717) is 19.4 Å². The number of hydrogen-bond donors (Lipinski definition) is 0. The molecular weight excluding hydrogens is 417 g/mol. The minimum absolute atomic E-state index is 0. The van der Waals surface area contributed by atoms with Gasteiger partial charge in [-0.05, 0) is 32.1 Å². The Bertz CT molecular complexity index is 314. The molecule has 4 nitrogen and oxygen atoms in total. The maximum Gasteiger partial charge on any atom is 3.00 e. The molecule has 1 saturated carbocycles. The summed E-state index contributed by atoms with van der Waals surface area (Å²) in [4.78, 5) is 22.9. The van der Waals surface area contributed by atoms with Crippen molar-refractivity contribution in [2.75, 3.05) is 6.61 Å². The molecule has 2 radical (unpaired) electrons. The van der Waals surface area contributed by atoms with Crippen LogP contribution in [-0.4, -0.2) is 44.7 Å². The van der Waals surface area contributed by atoms with Gasteiger partial charge in [-0.2, -0.15) is 0 Å². The molecular formula is C12H19BiO4+2. The van der Waals surface area contributed by atoms with Crippen LogP contribution in [0.1, 0.15) is 40.5 Å². The summed E-state index contributed by atoms with van der Waals surface area (Å²) in [6, 6.07) is 0. The Balaban J connectivity index is 0.00000256. The van der Waals surface area contributed by atoms with E-state index in [-0.39, 0.29) is 32.2 Å². The van der Waals surface area contributed by atoms with Crippen LogP contribution in [0.2, 0.25) is 0 Å². The van der Waals surface area contributed by atoms with Gasteiger partial charge in [-0.3, -0.25) is 4.79 Å². The standard InChI is InChI=1S/C12H20O4.Bi/c1-5-16-10(15)12(4)7-6-8(9(13)14)11(12,2)3;/h8H,5-7H2,1-4H3,(H,13,14);/q;+3/p-1. The summed E-state index contributed by atoms with van der Waals surface area (Å²) in [6.45, 7) is 7.46. The number of ether oxygens (including phenoxy) is 1. The van der Waals surface area contributed by atoms with Gasteiger partial charge in [-0.25, -0.2) is 0 Å². The topological polar surface area (TPSA) is 66.4 Å². The van der Waals surface area contributed by atoms with Crippen molar-refractivity contribution in [1.29, 1.82) is 0 Å². The van der Waals surface area contributed by atoms with Gasteiger partial charge in [0.15, 0.2) is 0 Å².